The number of carboxylic acids is 1. The Bertz CT molecular complexity index is 622. The van der Waals surface area contributed by atoms with Crippen molar-refractivity contribution in [1.29, 1.82) is 0 Å². The number of sulfone groups is 1. The van der Waals surface area contributed by atoms with Crippen LogP contribution in [0, 0.1) is 0 Å². The largest absolute Gasteiger partial charge is 0.480 e. The fourth-order valence-electron chi connectivity index (χ4n) is 1.89. The fourth-order valence-corrected chi connectivity index (χ4v) is 2.77. The molecule has 0 radical (unpaired) electrons. The molecule has 122 valence electrons. The molecule has 22 heavy (non-hydrogen) atoms. The molecule has 2 N–H and O–H groups in total. The highest BCUT2D eigenvalue weighted by molar-refractivity contribution is 7.91. The van der Waals surface area contributed by atoms with E-state index >= 15 is 0 Å². The van der Waals surface area contributed by atoms with Crippen molar-refractivity contribution in [2.24, 2.45) is 0 Å². The lowest BCUT2D eigenvalue weighted by molar-refractivity contribution is -0.139. The van der Waals surface area contributed by atoms with Gasteiger partial charge in [-0.15, -0.1) is 0 Å². The number of aliphatic carboxylic acids is 1. The van der Waals surface area contributed by atoms with Crippen LogP contribution in [0.15, 0.2) is 29.2 Å². The molecule has 0 fully saturated rings. The van der Waals surface area contributed by atoms with E-state index in [1.807, 2.05) is 6.92 Å². The van der Waals surface area contributed by atoms with Crippen molar-refractivity contribution in [3.8, 4) is 0 Å². The van der Waals surface area contributed by atoms with Gasteiger partial charge in [-0.3, -0.25) is 4.79 Å². The van der Waals surface area contributed by atoms with E-state index in [1.165, 1.54) is 24.3 Å². The Balaban J connectivity index is 2.83. The minimum absolute atomic E-state index is 0.0172. The summed E-state index contributed by atoms with van der Waals surface area (Å²) < 4.78 is 23.4. The van der Waals surface area contributed by atoms with Crippen LogP contribution in [0.3, 0.4) is 0 Å². The molecule has 0 aromatic heterocycles. The van der Waals surface area contributed by atoms with E-state index in [0.717, 1.165) is 6.42 Å². The molecule has 1 atom stereocenters. The highest BCUT2D eigenvalue weighted by Gasteiger charge is 2.20. The van der Waals surface area contributed by atoms with Crippen molar-refractivity contribution in [3.63, 3.8) is 0 Å². The number of hydrogen-bond donors (Lipinski definition) is 2. The average molecular weight is 327 g/mol. The van der Waals surface area contributed by atoms with Gasteiger partial charge in [0.15, 0.2) is 9.84 Å². The molecule has 1 rings (SSSR count). The van der Waals surface area contributed by atoms with Crippen molar-refractivity contribution in [1.82, 2.24) is 5.32 Å². The first-order valence-electron chi connectivity index (χ1n) is 7.18. The van der Waals surface area contributed by atoms with Crippen LogP contribution in [0.1, 0.15) is 43.5 Å². The Morgan fingerprint density at radius 1 is 1.18 bits per heavy atom. The van der Waals surface area contributed by atoms with Gasteiger partial charge in [-0.25, -0.2) is 13.2 Å². The predicted octanol–water partition coefficient (Wildman–Crippen LogP) is 1.85. The lowest BCUT2D eigenvalue weighted by atomic mass is 10.1. The van der Waals surface area contributed by atoms with Gasteiger partial charge < -0.3 is 10.4 Å². The number of hydrogen-bond acceptors (Lipinski definition) is 4. The fraction of sp³-hybridized carbons (Fsp3) is 0.467. The summed E-state index contributed by atoms with van der Waals surface area (Å²) in [4.78, 5) is 23.3. The van der Waals surface area contributed by atoms with Crippen LogP contribution >= 0.6 is 0 Å². The van der Waals surface area contributed by atoms with Gasteiger partial charge >= 0.3 is 5.97 Å². The number of carboxylic acid groups (broad SMARTS) is 1. The van der Waals surface area contributed by atoms with Crippen molar-refractivity contribution in [3.05, 3.63) is 29.8 Å². The van der Waals surface area contributed by atoms with Crippen LogP contribution in [0.25, 0.3) is 0 Å². The summed E-state index contributed by atoms with van der Waals surface area (Å²) in [5.74, 6) is -1.62. The predicted molar refractivity (Wildman–Crippen MR) is 82.6 cm³/mol. The first-order valence-corrected chi connectivity index (χ1v) is 8.83. The van der Waals surface area contributed by atoms with Crippen LogP contribution < -0.4 is 5.32 Å². The van der Waals surface area contributed by atoms with Crippen molar-refractivity contribution in [2.45, 2.75) is 44.0 Å². The van der Waals surface area contributed by atoms with Crippen LogP contribution in [0.2, 0.25) is 0 Å². The van der Waals surface area contributed by atoms with E-state index in [-0.39, 0.29) is 16.2 Å². The smallest absolute Gasteiger partial charge is 0.326 e. The summed E-state index contributed by atoms with van der Waals surface area (Å²) >= 11 is 0. The topological polar surface area (TPSA) is 101 Å². The van der Waals surface area contributed by atoms with Crippen LogP contribution in [0.4, 0.5) is 0 Å². The molecule has 1 amide bonds. The third-order valence-corrected chi connectivity index (χ3v) is 5.06. The molecule has 0 aliphatic heterocycles. The first kappa shape index (κ1) is 18.2. The third kappa shape index (κ3) is 4.84. The summed E-state index contributed by atoms with van der Waals surface area (Å²) in [5, 5.41) is 11.5. The zero-order chi connectivity index (χ0) is 16.8. The van der Waals surface area contributed by atoms with E-state index in [2.05, 4.69) is 5.32 Å². The summed E-state index contributed by atoms with van der Waals surface area (Å²) in [6, 6.07) is 4.55. The molecule has 0 saturated heterocycles. The molecule has 0 bridgehead atoms. The van der Waals surface area contributed by atoms with Crippen LogP contribution in [-0.2, 0) is 14.6 Å². The summed E-state index contributed by atoms with van der Waals surface area (Å²) in [6.07, 6.45) is 1.90. The lowest BCUT2D eigenvalue weighted by Crippen LogP contribution is -2.40. The first-order chi connectivity index (χ1) is 10.3. The van der Waals surface area contributed by atoms with Gasteiger partial charge in [0.1, 0.15) is 6.04 Å². The summed E-state index contributed by atoms with van der Waals surface area (Å²) in [6.45, 7) is 3.48. The highest BCUT2D eigenvalue weighted by atomic mass is 32.2. The van der Waals surface area contributed by atoms with Gasteiger partial charge in [0.25, 0.3) is 5.91 Å². The molecule has 0 aliphatic rings. The highest BCUT2D eigenvalue weighted by Crippen LogP contribution is 2.13. The lowest BCUT2D eigenvalue weighted by Gasteiger charge is -2.14. The number of nitrogens with one attached hydrogen (secondary N) is 1. The molecule has 6 nitrogen and oxygen atoms in total. The van der Waals surface area contributed by atoms with Gasteiger partial charge in [0.05, 0.1) is 10.6 Å². The molecular formula is C15H21NO5S. The Morgan fingerprint density at radius 3 is 2.23 bits per heavy atom. The van der Waals surface area contributed by atoms with E-state index in [0.29, 0.717) is 12.8 Å². The number of amides is 1. The van der Waals surface area contributed by atoms with E-state index < -0.39 is 27.8 Å². The maximum atomic E-state index is 12.0. The van der Waals surface area contributed by atoms with Crippen LogP contribution in [0.5, 0.6) is 0 Å². The van der Waals surface area contributed by atoms with Gasteiger partial charge in [0.2, 0.25) is 0 Å². The third-order valence-electron chi connectivity index (χ3n) is 3.31. The second-order valence-corrected chi connectivity index (χ2v) is 7.21. The summed E-state index contributed by atoms with van der Waals surface area (Å²) in [7, 11) is -3.31. The zero-order valence-electron chi connectivity index (χ0n) is 12.7. The molecule has 0 unspecified atom stereocenters. The molecule has 0 heterocycles. The molecule has 0 spiro atoms. The van der Waals surface area contributed by atoms with Crippen LogP contribution in [-0.4, -0.2) is 37.2 Å². The Labute approximate surface area is 130 Å². The van der Waals surface area contributed by atoms with E-state index in [4.69, 9.17) is 5.11 Å². The number of carbonyl (C=O) groups excluding carboxylic acids is 1. The Hall–Kier alpha value is -1.89. The number of rotatable bonds is 8. The van der Waals surface area contributed by atoms with Gasteiger partial charge in [0, 0.05) is 5.56 Å². The van der Waals surface area contributed by atoms with E-state index in [1.54, 1.807) is 6.92 Å². The van der Waals surface area contributed by atoms with Crippen molar-refractivity contribution < 1.29 is 23.1 Å². The number of unbranched alkanes of at least 4 members (excludes halogenated alkanes) is 1. The molecule has 1 aromatic carbocycles. The van der Waals surface area contributed by atoms with Gasteiger partial charge in [-0.2, -0.15) is 0 Å². The van der Waals surface area contributed by atoms with E-state index in [9.17, 15) is 18.0 Å². The maximum absolute atomic E-state index is 12.0. The minimum Gasteiger partial charge on any atom is -0.480 e. The number of carbonyl (C=O) groups is 2. The molecule has 0 saturated carbocycles. The normalized spacial score (nSPS) is 12.6. The number of benzene rings is 1. The zero-order valence-corrected chi connectivity index (χ0v) is 13.5. The molecule has 1 aromatic rings. The average Bonchev–Trinajstić information content (AvgIpc) is 2.51. The summed E-state index contributed by atoms with van der Waals surface area (Å²) in [5.41, 5.74) is 0.234. The molecular weight excluding hydrogens is 306 g/mol. The maximum Gasteiger partial charge on any atom is 0.326 e. The van der Waals surface area contributed by atoms with Gasteiger partial charge in [-0.05, 0) is 30.7 Å². The Morgan fingerprint density at radius 2 is 1.77 bits per heavy atom. The SMILES string of the molecule is CCCC[C@H](NC(=O)c1ccc(S(=O)(=O)CC)cc1)C(=O)O. The molecule has 0 aliphatic carbocycles. The minimum atomic E-state index is -3.31. The van der Waals surface area contributed by atoms with Crippen molar-refractivity contribution in [2.75, 3.05) is 5.75 Å². The standard InChI is InChI=1S/C15H21NO5S/c1-3-5-6-13(15(18)19)16-14(17)11-7-9-12(10-8-11)22(20,21)4-2/h7-10,13H,3-6H2,1-2H3,(H,16,17)(H,18,19)/t13-/m0/s1. The van der Waals surface area contributed by atoms with Crippen molar-refractivity contribution >= 4 is 21.7 Å². The monoisotopic (exact) mass is 327 g/mol. The second-order valence-electron chi connectivity index (χ2n) is 4.93. The quantitative estimate of drug-likeness (QED) is 0.759. The second kappa shape index (κ2) is 7.93. The van der Waals surface area contributed by atoms with Gasteiger partial charge in [-0.1, -0.05) is 26.7 Å². The molecule has 7 heteroatoms. The Kier molecular flexibility index (Phi) is 6.55.